The van der Waals surface area contributed by atoms with Gasteiger partial charge >= 0.3 is 0 Å². The Morgan fingerprint density at radius 1 is 1.14 bits per heavy atom. The maximum atomic E-state index is 13.9. The average Bonchev–Trinajstić information content (AvgIpc) is 3.21. The molecule has 0 atom stereocenters. The van der Waals surface area contributed by atoms with E-state index in [1.807, 2.05) is 9.47 Å². The number of hydrogen-bond donors (Lipinski definition) is 1. The molecule has 0 saturated heterocycles. The molecule has 0 saturated carbocycles. The zero-order valence-electron chi connectivity index (χ0n) is 15.2. The fourth-order valence-corrected chi connectivity index (χ4v) is 3.30. The summed E-state index contributed by atoms with van der Waals surface area (Å²) in [6.45, 7) is 2.07. The summed E-state index contributed by atoms with van der Waals surface area (Å²) in [6, 6.07) is 6.04. The van der Waals surface area contributed by atoms with Crippen molar-refractivity contribution in [2.45, 2.75) is 13.1 Å². The summed E-state index contributed by atoms with van der Waals surface area (Å²) < 4.78 is 15.9. The number of nitrogens with one attached hydrogen (secondary N) is 1. The first kappa shape index (κ1) is 17.2. The van der Waals surface area contributed by atoms with Crippen LogP contribution in [0, 0.1) is 5.82 Å². The number of aromatic nitrogens is 6. The Hall–Kier alpha value is -3.95. The smallest absolute Gasteiger partial charge is 0.275 e. The third-order valence-electron chi connectivity index (χ3n) is 4.75. The lowest BCUT2D eigenvalue weighted by molar-refractivity contribution is 0.102. The molecule has 1 aliphatic rings. The normalized spacial score (nSPS) is 13.3. The Labute approximate surface area is 164 Å². The van der Waals surface area contributed by atoms with Crippen molar-refractivity contribution in [2.75, 3.05) is 16.8 Å². The van der Waals surface area contributed by atoms with Gasteiger partial charge in [-0.15, -0.1) is 10.2 Å². The van der Waals surface area contributed by atoms with E-state index in [2.05, 4.69) is 30.5 Å². The van der Waals surface area contributed by atoms with Crippen molar-refractivity contribution >= 4 is 28.3 Å². The lowest BCUT2D eigenvalue weighted by Crippen LogP contribution is -2.34. The van der Waals surface area contributed by atoms with E-state index in [-0.39, 0.29) is 11.4 Å². The van der Waals surface area contributed by atoms with Gasteiger partial charge in [-0.25, -0.2) is 14.4 Å². The number of pyridine rings is 1. The summed E-state index contributed by atoms with van der Waals surface area (Å²) in [5.41, 5.74) is 0.915. The van der Waals surface area contributed by atoms with E-state index in [4.69, 9.17) is 0 Å². The fourth-order valence-electron chi connectivity index (χ4n) is 3.30. The second-order valence-electron chi connectivity index (χ2n) is 6.60. The molecule has 3 aromatic heterocycles. The minimum Gasteiger partial charge on any atom is -0.346 e. The molecule has 0 spiro atoms. The highest BCUT2D eigenvalue weighted by atomic mass is 19.1. The summed E-state index contributed by atoms with van der Waals surface area (Å²) in [6.07, 6.45) is 6.24. The van der Waals surface area contributed by atoms with E-state index in [0.29, 0.717) is 23.3 Å². The van der Waals surface area contributed by atoms with Crippen molar-refractivity contribution in [2.24, 2.45) is 0 Å². The molecule has 9 nitrogen and oxygen atoms in total. The molecule has 0 radical (unpaired) electrons. The molecule has 10 heteroatoms. The van der Waals surface area contributed by atoms with Gasteiger partial charge in [0, 0.05) is 24.7 Å². The van der Waals surface area contributed by atoms with E-state index in [9.17, 15) is 9.18 Å². The number of nitrogens with zero attached hydrogens (tertiary/aromatic N) is 7. The highest BCUT2D eigenvalue weighted by Gasteiger charge is 2.19. The number of amides is 1. The summed E-state index contributed by atoms with van der Waals surface area (Å²) >= 11 is 0. The lowest BCUT2D eigenvalue weighted by atomic mass is 10.2. The summed E-state index contributed by atoms with van der Waals surface area (Å²) in [5, 5.41) is 11.3. The number of benzene rings is 1. The molecule has 29 heavy (non-hydrogen) atoms. The molecule has 0 fully saturated rings. The zero-order chi connectivity index (χ0) is 19.8. The standard InChI is InChI=1S/C19H15FN8O/c20-13-6-12-2-1-3-21-18(12)14(7-13)25-19(29)15-8-23-16(9-22-15)27-4-5-28-11-24-26-17(28)10-27/h1-3,6-9,11H,4-5,10H2,(H,25,29). The second-order valence-corrected chi connectivity index (χ2v) is 6.60. The van der Waals surface area contributed by atoms with E-state index in [0.717, 1.165) is 18.9 Å². The van der Waals surface area contributed by atoms with E-state index in [1.54, 1.807) is 30.9 Å². The van der Waals surface area contributed by atoms with Gasteiger partial charge in [0.1, 0.15) is 23.7 Å². The number of halogens is 1. The number of hydrogen-bond acceptors (Lipinski definition) is 7. The van der Waals surface area contributed by atoms with Crippen LogP contribution in [-0.4, -0.2) is 42.2 Å². The molecule has 4 aromatic rings. The van der Waals surface area contributed by atoms with Gasteiger partial charge in [-0.3, -0.25) is 9.78 Å². The summed E-state index contributed by atoms with van der Waals surface area (Å²) in [7, 11) is 0. The summed E-state index contributed by atoms with van der Waals surface area (Å²) in [4.78, 5) is 27.4. The van der Waals surface area contributed by atoms with Crippen molar-refractivity contribution in [1.82, 2.24) is 29.7 Å². The minimum atomic E-state index is -0.486. The maximum Gasteiger partial charge on any atom is 0.275 e. The van der Waals surface area contributed by atoms with Gasteiger partial charge in [-0.2, -0.15) is 0 Å². The lowest BCUT2D eigenvalue weighted by Gasteiger charge is -2.27. The molecule has 1 aliphatic heterocycles. The van der Waals surface area contributed by atoms with Crippen LogP contribution in [-0.2, 0) is 13.1 Å². The highest BCUT2D eigenvalue weighted by Crippen LogP contribution is 2.23. The Kier molecular flexibility index (Phi) is 4.08. The molecule has 144 valence electrons. The molecule has 0 unspecified atom stereocenters. The quantitative estimate of drug-likeness (QED) is 0.571. The molecule has 4 heterocycles. The first-order valence-electron chi connectivity index (χ1n) is 8.97. The Morgan fingerprint density at radius 3 is 2.93 bits per heavy atom. The first-order chi connectivity index (χ1) is 14.2. The van der Waals surface area contributed by atoms with Crippen molar-refractivity contribution in [3.05, 3.63) is 66.5 Å². The first-order valence-corrected chi connectivity index (χ1v) is 8.97. The number of carbonyl (C=O) groups is 1. The number of fused-ring (bicyclic) bond motifs is 2. The Balaban J connectivity index is 1.35. The average molecular weight is 390 g/mol. The van der Waals surface area contributed by atoms with Gasteiger partial charge in [0.2, 0.25) is 0 Å². The largest absolute Gasteiger partial charge is 0.346 e. The molecular weight excluding hydrogens is 375 g/mol. The molecule has 1 amide bonds. The molecule has 0 bridgehead atoms. The van der Waals surface area contributed by atoms with Crippen LogP contribution in [0.3, 0.4) is 0 Å². The van der Waals surface area contributed by atoms with Crippen molar-refractivity contribution in [3.8, 4) is 0 Å². The SMILES string of the molecule is O=C(Nc1cc(F)cc2cccnc12)c1cnc(N2CCn3cnnc3C2)cn1. The van der Waals surface area contributed by atoms with Crippen LogP contribution in [0.25, 0.3) is 10.9 Å². The van der Waals surface area contributed by atoms with Crippen LogP contribution < -0.4 is 10.2 Å². The number of anilines is 2. The number of rotatable bonds is 3. The molecule has 5 rings (SSSR count). The van der Waals surface area contributed by atoms with Crippen molar-refractivity contribution in [1.29, 1.82) is 0 Å². The van der Waals surface area contributed by atoms with Crippen molar-refractivity contribution in [3.63, 3.8) is 0 Å². The molecule has 1 N–H and O–H groups in total. The van der Waals surface area contributed by atoms with Gasteiger partial charge < -0.3 is 14.8 Å². The van der Waals surface area contributed by atoms with Crippen LogP contribution in [0.2, 0.25) is 0 Å². The van der Waals surface area contributed by atoms with E-state index in [1.165, 1.54) is 18.3 Å². The van der Waals surface area contributed by atoms with Gasteiger partial charge in [0.15, 0.2) is 5.82 Å². The number of carbonyl (C=O) groups excluding carboxylic acids is 1. The predicted octanol–water partition coefficient (Wildman–Crippen LogP) is 2.03. The molecule has 1 aromatic carbocycles. The van der Waals surface area contributed by atoms with Crippen molar-refractivity contribution < 1.29 is 9.18 Å². The van der Waals surface area contributed by atoms with Crippen LogP contribution in [0.5, 0.6) is 0 Å². The van der Waals surface area contributed by atoms with Gasteiger partial charge in [-0.1, -0.05) is 6.07 Å². The highest BCUT2D eigenvalue weighted by molar-refractivity contribution is 6.07. The Morgan fingerprint density at radius 2 is 2.07 bits per heavy atom. The van der Waals surface area contributed by atoms with Gasteiger partial charge in [0.05, 0.1) is 30.1 Å². The zero-order valence-corrected chi connectivity index (χ0v) is 15.2. The third-order valence-corrected chi connectivity index (χ3v) is 4.75. The third kappa shape index (κ3) is 3.24. The monoisotopic (exact) mass is 390 g/mol. The summed E-state index contributed by atoms with van der Waals surface area (Å²) in [5.74, 6) is 0.555. The van der Waals surface area contributed by atoms with Crippen LogP contribution in [0.15, 0.2) is 49.2 Å². The van der Waals surface area contributed by atoms with Crippen LogP contribution in [0.4, 0.5) is 15.9 Å². The Bertz CT molecular complexity index is 1210. The van der Waals surface area contributed by atoms with Crippen LogP contribution >= 0.6 is 0 Å². The van der Waals surface area contributed by atoms with Gasteiger partial charge in [-0.05, 0) is 18.2 Å². The maximum absolute atomic E-state index is 13.9. The van der Waals surface area contributed by atoms with Crippen LogP contribution in [0.1, 0.15) is 16.3 Å². The van der Waals surface area contributed by atoms with E-state index < -0.39 is 11.7 Å². The molecular formula is C19H15FN8O. The minimum absolute atomic E-state index is 0.127. The molecule has 0 aliphatic carbocycles. The second kappa shape index (κ2) is 6.89. The fraction of sp³-hybridized carbons (Fsp3) is 0.158. The van der Waals surface area contributed by atoms with E-state index >= 15 is 0 Å². The predicted molar refractivity (Wildman–Crippen MR) is 103 cm³/mol. The topological polar surface area (TPSA) is 102 Å². The van der Waals surface area contributed by atoms with Gasteiger partial charge in [0.25, 0.3) is 5.91 Å².